The zero-order valence-electron chi connectivity index (χ0n) is 11.6. The third-order valence-corrected chi connectivity index (χ3v) is 4.22. The molecule has 0 aliphatic heterocycles. The summed E-state index contributed by atoms with van der Waals surface area (Å²) in [6.45, 7) is 2.17. The molecule has 0 amide bonds. The summed E-state index contributed by atoms with van der Waals surface area (Å²) in [7, 11) is 0. The molecule has 20 heavy (non-hydrogen) atoms. The molecule has 0 saturated carbocycles. The first-order valence-electron chi connectivity index (χ1n) is 6.60. The molecule has 0 aliphatic rings. The van der Waals surface area contributed by atoms with Crippen LogP contribution in [0.15, 0.2) is 53.6 Å². The van der Waals surface area contributed by atoms with E-state index >= 15 is 0 Å². The number of thioether (sulfide) groups is 1. The first-order chi connectivity index (χ1) is 9.78. The number of aromatic nitrogens is 2. The van der Waals surface area contributed by atoms with Gasteiger partial charge in [0.2, 0.25) is 0 Å². The van der Waals surface area contributed by atoms with Crippen LogP contribution in [0.1, 0.15) is 18.5 Å². The second-order valence-corrected chi connectivity index (χ2v) is 5.66. The predicted molar refractivity (Wildman–Crippen MR) is 86.4 cm³/mol. The van der Waals surface area contributed by atoms with Crippen LogP contribution in [-0.4, -0.2) is 16.5 Å². The van der Waals surface area contributed by atoms with Crippen LogP contribution in [-0.2, 0) is 0 Å². The Morgan fingerprint density at radius 2 is 1.95 bits per heavy atom. The van der Waals surface area contributed by atoms with Crippen LogP contribution < -0.4 is 5.32 Å². The maximum atomic E-state index is 4.10. The number of nitrogens with one attached hydrogen (secondary N) is 2. The summed E-state index contributed by atoms with van der Waals surface area (Å²) in [5.41, 5.74) is 3.45. The van der Waals surface area contributed by atoms with E-state index in [0.717, 1.165) is 16.6 Å². The molecule has 1 aromatic heterocycles. The highest BCUT2D eigenvalue weighted by molar-refractivity contribution is 7.98. The zero-order chi connectivity index (χ0) is 13.9. The lowest BCUT2D eigenvalue weighted by atomic mass is 10.1. The Kier molecular flexibility index (Phi) is 3.65. The van der Waals surface area contributed by atoms with Crippen molar-refractivity contribution >= 4 is 28.4 Å². The molecule has 0 radical (unpaired) electrons. The summed E-state index contributed by atoms with van der Waals surface area (Å²) in [5, 5.41) is 11.8. The number of fused-ring (bicyclic) bond motifs is 1. The molecule has 4 heteroatoms. The van der Waals surface area contributed by atoms with Crippen LogP contribution in [0.5, 0.6) is 0 Å². The Labute approximate surface area is 122 Å². The van der Waals surface area contributed by atoms with Gasteiger partial charge in [-0.2, -0.15) is 5.10 Å². The summed E-state index contributed by atoms with van der Waals surface area (Å²) < 4.78 is 0. The summed E-state index contributed by atoms with van der Waals surface area (Å²) in [6, 6.07) is 15.1. The van der Waals surface area contributed by atoms with Crippen molar-refractivity contribution in [2.45, 2.75) is 17.9 Å². The van der Waals surface area contributed by atoms with Gasteiger partial charge in [0.25, 0.3) is 0 Å². The number of rotatable bonds is 4. The smallest absolute Gasteiger partial charge is 0.0671 e. The van der Waals surface area contributed by atoms with Crippen molar-refractivity contribution in [2.24, 2.45) is 0 Å². The van der Waals surface area contributed by atoms with Crippen LogP contribution in [0.3, 0.4) is 0 Å². The molecule has 3 nitrogen and oxygen atoms in total. The molecule has 1 heterocycles. The normalized spacial score (nSPS) is 12.5. The van der Waals surface area contributed by atoms with E-state index in [1.807, 2.05) is 18.3 Å². The van der Waals surface area contributed by atoms with E-state index in [0.29, 0.717) is 0 Å². The Balaban J connectivity index is 1.84. The SMILES string of the molecule is CSc1ccc(C(C)Nc2cccc3[nH]ncc23)cc1. The van der Waals surface area contributed by atoms with E-state index in [4.69, 9.17) is 0 Å². The second kappa shape index (κ2) is 5.59. The van der Waals surface area contributed by atoms with Crippen molar-refractivity contribution in [1.29, 1.82) is 0 Å². The summed E-state index contributed by atoms with van der Waals surface area (Å²) >= 11 is 1.76. The number of hydrogen-bond acceptors (Lipinski definition) is 3. The Bertz CT molecular complexity index is 703. The van der Waals surface area contributed by atoms with Crippen molar-refractivity contribution in [3.05, 3.63) is 54.2 Å². The maximum Gasteiger partial charge on any atom is 0.0671 e. The van der Waals surface area contributed by atoms with E-state index in [1.54, 1.807) is 11.8 Å². The Morgan fingerprint density at radius 1 is 1.15 bits per heavy atom. The van der Waals surface area contributed by atoms with Crippen molar-refractivity contribution in [3.63, 3.8) is 0 Å². The van der Waals surface area contributed by atoms with Gasteiger partial charge >= 0.3 is 0 Å². The van der Waals surface area contributed by atoms with Gasteiger partial charge in [-0.15, -0.1) is 11.8 Å². The van der Waals surface area contributed by atoms with Crippen molar-refractivity contribution in [1.82, 2.24) is 10.2 Å². The largest absolute Gasteiger partial charge is 0.378 e. The fourth-order valence-corrected chi connectivity index (χ4v) is 2.71. The van der Waals surface area contributed by atoms with Gasteiger partial charge in [0.15, 0.2) is 0 Å². The number of aromatic amines is 1. The molecule has 1 atom stereocenters. The van der Waals surface area contributed by atoms with Gasteiger partial charge in [-0.05, 0) is 43.0 Å². The van der Waals surface area contributed by atoms with E-state index in [2.05, 4.69) is 59.0 Å². The second-order valence-electron chi connectivity index (χ2n) is 4.78. The van der Waals surface area contributed by atoms with Crippen molar-refractivity contribution in [3.8, 4) is 0 Å². The van der Waals surface area contributed by atoms with Crippen LogP contribution in [0, 0.1) is 0 Å². The average Bonchev–Trinajstić information content (AvgIpc) is 2.97. The van der Waals surface area contributed by atoms with E-state index < -0.39 is 0 Å². The highest BCUT2D eigenvalue weighted by Crippen LogP contribution is 2.26. The molecule has 3 aromatic rings. The minimum absolute atomic E-state index is 0.256. The fourth-order valence-electron chi connectivity index (χ4n) is 2.30. The topological polar surface area (TPSA) is 40.7 Å². The maximum absolute atomic E-state index is 4.10. The van der Waals surface area contributed by atoms with Gasteiger partial charge < -0.3 is 5.32 Å². The molecule has 0 aliphatic carbocycles. The first-order valence-corrected chi connectivity index (χ1v) is 7.83. The lowest BCUT2D eigenvalue weighted by Crippen LogP contribution is -2.06. The van der Waals surface area contributed by atoms with Crippen LogP contribution in [0.4, 0.5) is 5.69 Å². The molecular formula is C16H17N3S. The molecule has 0 spiro atoms. The molecule has 102 valence electrons. The third-order valence-electron chi connectivity index (χ3n) is 3.47. The van der Waals surface area contributed by atoms with Gasteiger partial charge in [-0.1, -0.05) is 18.2 Å². The number of nitrogens with zero attached hydrogens (tertiary/aromatic N) is 1. The molecular weight excluding hydrogens is 266 g/mol. The van der Waals surface area contributed by atoms with Gasteiger partial charge in [-0.3, -0.25) is 5.10 Å². The van der Waals surface area contributed by atoms with Crippen molar-refractivity contribution in [2.75, 3.05) is 11.6 Å². The monoisotopic (exact) mass is 283 g/mol. The summed E-state index contributed by atoms with van der Waals surface area (Å²) in [4.78, 5) is 1.29. The van der Waals surface area contributed by atoms with Gasteiger partial charge in [-0.25, -0.2) is 0 Å². The number of anilines is 1. The van der Waals surface area contributed by atoms with E-state index in [9.17, 15) is 0 Å². The Morgan fingerprint density at radius 3 is 2.70 bits per heavy atom. The average molecular weight is 283 g/mol. The molecule has 3 rings (SSSR count). The zero-order valence-corrected chi connectivity index (χ0v) is 12.4. The molecule has 2 N–H and O–H groups in total. The minimum Gasteiger partial charge on any atom is -0.378 e. The van der Waals surface area contributed by atoms with Gasteiger partial charge in [0.05, 0.1) is 11.7 Å². The predicted octanol–water partition coefficient (Wildman–Crippen LogP) is 4.46. The first kappa shape index (κ1) is 13.1. The summed E-state index contributed by atoms with van der Waals surface area (Å²) in [5.74, 6) is 0. The fraction of sp³-hybridized carbons (Fsp3) is 0.188. The standard InChI is InChI=1S/C16H17N3S/c1-11(12-6-8-13(20-2)9-7-12)18-15-4-3-5-16-14(15)10-17-19-16/h3-11,18H,1-2H3,(H,17,19). The summed E-state index contributed by atoms with van der Waals surface area (Å²) in [6.07, 6.45) is 3.96. The lowest BCUT2D eigenvalue weighted by Gasteiger charge is -2.16. The quantitative estimate of drug-likeness (QED) is 0.695. The van der Waals surface area contributed by atoms with E-state index in [-0.39, 0.29) is 6.04 Å². The van der Waals surface area contributed by atoms with E-state index in [1.165, 1.54) is 10.5 Å². The molecule has 0 saturated heterocycles. The highest BCUT2D eigenvalue weighted by atomic mass is 32.2. The Hall–Kier alpha value is -1.94. The lowest BCUT2D eigenvalue weighted by molar-refractivity contribution is 0.885. The molecule has 2 aromatic carbocycles. The number of hydrogen-bond donors (Lipinski definition) is 2. The van der Waals surface area contributed by atoms with Crippen LogP contribution >= 0.6 is 11.8 Å². The number of benzene rings is 2. The molecule has 0 bridgehead atoms. The minimum atomic E-state index is 0.256. The molecule has 1 unspecified atom stereocenters. The van der Waals surface area contributed by atoms with Crippen LogP contribution in [0.2, 0.25) is 0 Å². The highest BCUT2D eigenvalue weighted by Gasteiger charge is 2.08. The van der Waals surface area contributed by atoms with Crippen molar-refractivity contribution < 1.29 is 0 Å². The van der Waals surface area contributed by atoms with Crippen LogP contribution in [0.25, 0.3) is 10.9 Å². The number of H-pyrrole nitrogens is 1. The molecule has 0 fully saturated rings. The van der Waals surface area contributed by atoms with Gasteiger partial charge in [0, 0.05) is 22.0 Å². The third kappa shape index (κ3) is 2.51. The van der Waals surface area contributed by atoms with Gasteiger partial charge in [0.1, 0.15) is 0 Å².